The van der Waals surface area contributed by atoms with E-state index in [0.29, 0.717) is 6.54 Å². The molecule has 0 aromatic carbocycles. The monoisotopic (exact) mass is 207 g/mol. The third kappa shape index (κ3) is 7.94. The van der Waals surface area contributed by atoms with Crippen molar-refractivity contribution in [1.82, 2.24) is 10.0 Å². The molecule has 0 spiro atoms. The number of carbonyl (C=O) groups is 1. The summed E-state index contributed by atoms with van der Waals surface area (Å²) in [6.07, 6.45) is 1.85. The third-order valence-electron chi connectivity index (χ3n) is 1.11. The minimum atomic E-state index is -0.240. The molecule has 0 aromatic rings. The van der Waals surface area contributed by atoms with Gasteiger partial charge in [0, 0.05) is 6.54 Å². The van der Waals surface area contributed by atoms with E-state index in [0.717, 1.165) is 18.6 Å². The Morgan fingerprint density at radius 1 is 1.67 bits per heavy atom. The Morgan fingerprint density at radius 2 is 2.42 bits per heavy atom. The lowest BCUT2D eigenvalue weighted by Crippen LogP contribution is -2.30. The summed E-state index contributed by atoms with van der Waals surface area (Å²) in [6.45, 7) is 4.39. The summed E-state index contributed by atoms with van der Waals surface area (Å²) in [5, 5.41) is 4.76. The number of amides is 2. The molecule has 0 aliphatic heterocycles. The van der Waals surface area contributed by atoms with Crippen LogP contribution >= 0.6 is 24.2 Å². The molecule has 3 nitrogen and oxygen atoms in total. The molecule has 2 N–H and O–H groups in total. The van der Waals surface area contributed by atoms with E-state index < -0.39 is 0 Å². The highest BCUT2D eigenvalue weighted by Gasteiger charge is 1.92. The third-order valence-corrected chi connectivity index (χ3v) is 2.40. The second kappa shape index (κ2) is 8.93. The van der Waals surface area contributed by atoms with Gasteiger partial charge >= 0.3 is 6.03 Å². The van der Waals surface area contributed by atoms with Crippen molar-refractivity contribution < 1.29 is 4.79 Å². The van der Waals surface area contributed by atoms with Crippen LogP contribution in [0.3, 0.4) is 0 Å². The Kier molecular flexibility index (Phi) is 8.81. The molecule has 5 heteroatoms. The van der Waals surface area contributed by atoms with E-state index in [1.54, 1.807) is 0 Å². The summed E-state index contributed by atoms with van der Waals surface area (Å²) >= 11 is 4.89. The Balaban J connectivity index is 3.10. The van der Waals surface area contributed by atoms with E-state index in [4.69, 9.17) is 0 Å². The Morgan fingerprint density at radius 3 is 3.00 bits per heavy atom. The minimum Gasteiger partial charge on any atom is -0.337 e. The quantitative estimate of drug-likeness (QED) is 0.303. The lowest BCUT2D eigenvalue weighted by molar-refractivity contribution is 0.246. The first-order valence-electron chi connectivity index (χ1n) is 3.76. The topological polar surface area (TPSA) is 41.1 Å². The van der Waals surface area contributed by atoms with Crippen molar-refractivity contribution in [2.45, 2.75) is 12.8 Å². The minimum absolute atomic E-state index is 0.240. The second-order valence-corrected chi connectivity index (χ2v) is 3.50. The zero-order valence-corrected chi connectivity index (χ0v) is 8.70. The highest BCUT2D eigenvalue weighted by atomic mass is 32.1. The summed E-state index contributed by atoms with van der Waals surface area (Å²) in [7, 11) is 0. The number of nitrogens with one attached hydrogen (secondary N) is 2. The molecule has 71 valence electrons. The molecule has 0 aliphatic carbocycles. The molecule has 0 bridgehead atoms. The highest BCUT2D eigenvalue weighted by molar-refractivity contribution is 7.97. The zero-order chi connectivity index (χ0) is 9.23. The van der Waals surface area contributed by atoms with Crippen molar-refractivity contribution in [2.75, 3.05) is 12.3 Å². The molecule has 0 saturated carbocycles. The van der Waals surface area contributed by atoms with Crippen LogP contribution < -0.4 is 10.0 Å². The van der Waals surface area contributed by atoms with Crippen LogP contribution in [0.4, 0.5) is 4.79 Å². The van der Waals surface area contributed by atoms with Crippen LogP contribution in [-0.4, -0.2) is 23.7 Å². The van der Waals surface area contributed by atoms with Crippen molar-refractivity contribution in [3.63, 3.8) is 0 Å². The van der Waals surface area contributed by atoms with E-state index in [1.165, 1.54) is 11.4 Å². The number of hydrogen-bond acceptors (Lipinski definition) is 2. The van der Waals surface area contributed by atoms with Gasteiger partial charge in [-0.05, 0) is 25.5 Å². The van der Waals surface area contributed by atoms with Gasteiger partial charge in [0.05, 0.1) is 0 Å². The van der Waals surface area contributed by atoms with Gasteiger partial charge < -0.3 is 5.32 Å². The fourth-order valence-electron chi connectivity index (χ4n) is 0.594. The Labute approximate surface area is 82.8 Å². The molecule has 0 unspecified atom stereocenters. The van der Waals surface area contributed by atoms with Crippen molar-refractivity contribution >= 4 is 35.6 Å². The van der Waals surface area contributed by atoms with Gasteiger partial charge in [0.25, 0.3) is 0 Å². The molecule has 0 rings (SSSR count). The molecule has 12 heavy (non-hydrogen) atoms. The van der Waals surface area contributed by atoms with Crippen LogP contribution in [0.2, 0.25) is 0 Å². The second-order valence-electron chi connectivity index (χ2n) is 2.10. The molecule has 1 radical (unpaired) electrons. The van der Waals surface area contributed by atoms with Gasteiger partial charge in [-0.1, -0.05) is 18.2 Å². The summed E-state index contributed by atoms with van der Waals surface area (Å²) in [5.74, 6) is 1.07. The van der Waals surface area contributed by atoms with Gasteiger partial charge in [-0.15, -0.1) is 0 Å². The largest absolute Gasteiger partial charge is 0.337 e. The molecule has 0 heterocycles. The smallest absolute Gasteiger partial charge is 0.324 e. The van der Waals surface area contributed by atoms with E-state index in [2.05, 4.69) is 35.1 Å². The fraction of sp³-hybridized carbons (Fsp3) is 0.571. The van der Waals surface area contributed by atoms with Crippen LogP contribution in [0, 0.1) is 6.92 Å². The molecule has 0 fully saturated rings. The first-order chi connectivity index (χ1) is 5.81. The summed E-state index contributed by atoms with van der Waals surface area (Å²) in [5.41, 5.74) is 0. The van der Waals surface area contributed by atoms with E-state index >= 15 is 0 Å². The van der Waals surface area contributed by atoms with Crippen LogP contribution in [0.15, 0.2) is 0 Å². The SMILES string of the molecule is [CH2]CC=[SH]CCCNC(=O)NS. The first-order valence-corrected chi connectivity index (χ1v) is 5.36. The fourth-order valence-corrected chi connectivity index (χ4v) is 1.38. The number of carbonyl (C=O) groups excluding carboxylic acids is 1. The van der Waals surface area contributed by atoms with E-state index in [9.17, 15) is 4.79 Å². The number of thiol groups is 2. The average molecular weight is 207 g/mol. The number of hydrogen-bond donors (Lipinski definition) is 4. The summed E-state index contributed by atoms with van der Waals surface area (Å²) in [4.78, 5) is 10.6. The first kappa shape index (κ1) is 11.8. The molecule has 0 saturated heterocycles. The lowest BCUT2D eigenvalue weighted by Gasteiger charge is -2.00. The van der Waals surface area contributed by atoms with Gasteiger partial charge in [0.15, 0.2) is 0 Å². The summed E-state index contributed by atoms with van der Waals surface area (Å²) < 4.78 is 2.19. The van der Waals surface area contributed by atoms with Gasteiger partial charge in [-0.25, -0.2) is 16.1 Å². The van der Waals surface area contributed by atoms with Gasteiger partial charge in [-0.3, -0.25) is 4.72 Å². The average Bonchev–Trinajstić information content (AvgIpc) is 2.10. The van der Waals surface area contributed by atoms with E-state index in [1.807, 2.05) is 0 Å². The van der Waals surface area contributed by atoms with Crippen molar-refractivity contribution in [3.05, 3.63) is 6.92 Å². The van der Waals surface area contributed by atoms with Gasteiger partial charge in [0.2, 0.25) is 0 Å². The van der Waals surface area contributed by atoms with Crippen LogP contribution in [-0.2, 0) is 0 Å². The number of rotatable bonds is 5. The predicted molar refractivity (Wildman–Crippen MR) is 60.0 cm³/mol. The lowest BCUT2D eigenvalue weighted by atomic mass is 10.5. The van der Waals surface area contributed by atoms with Crippen molar-refractivity contribution in [2.24, 2.45) is 0 Å². The molecule has 0 atom stereocenters. The Bertz CT molecular complexity index is 150. The number of urea groups is 1. The van der Waals surface area contributed by atoms with Crippen molar-refractivity contribution in [3.8, 4) is 0 Å². The Hall–Kier alpha value is -0.160. The van der Waals surface area contributed by atoms with Gasteiger partial charge in [0.1, 0.15) is 0 Å². The zero-order valence-electron chi connectivity index (χ0n) is 6.92. The predicted octanol–water partition coefficient (Wildman–Crippen LogP) is 1.01. The van der Waals surface area contributed by atoms with Gasteiger partial charge in [-0.2, -0.15) is 0 Å². The molecule has 0 aromatic heterocycles. The molecular weight excluding hydrogens is 192 g/mol. The summed E-state index contributed by atoms with van der Waals surface area (Å²) in [6, 6.07) is -0.240. The van der Waals surface area contributed by atoms with Crippen LogP contribution in [0.1, 0.15) is 12.8 Å². The van der Waals surface area contributed by atoms with Crippen LogP contribution in [0.25, 0.3) is 0 Å². The maximum absolute atomic E-state index is 10.6. The van der Waals surface area contributed by atoms with Crippen molar-refractivity contribution in [1.29, 1.82) is 0 Å². The maximum atomic E-state index is 10.6. The molecular formula is C7H15N2OS2. The van der Waals surface area contributed by atoms with Crippen LogP contribution in [0.5, 0.6) is 0 Å². The highest BCUT2D eigenvalue weighted by Crippen LogP contribution is 1.89. The molecule has 0 aliphatic rings. The maximum Gasteiger partial charge on any atom is 0.324 e. The standard InChI is InChI=1S/C7H15N2OS2/c1-2-5-12-6-3-4-8-7(10)9-11/h5,11-12H,1-4,6H2,(H2,8,9,10). The normalized spacial score (nSPS) is 10.8. The molecule has 2 amide bonds. The van der Waals surface area contributed by atoms with E-state index in [-0.39, 0.29) is 6.03 Å².